The predicted molar refractivity (Wildman–Crippen MR) is 137 cm³/mol. The number of ether oxygens (including phenoxy) is 2. The van der Waals surface area contributed by atoms with Crippen molar-refractivity contribution in [2.24, 2.45) is 4.99 Å². The van der Waals surface area contributed by atoms with Crippen LogP contribution >= 0.6 is 35.5 Å². The SMILES string of the molecule is CCc1nsc(N2CCN(C(=NC)NCc3cccc(OCCCOC)c3)CC2)n1.I. The van der Waals surface area contributed by atoms with Gasteiger partial charge in [0.2, 0.25) is 5.13 Å². The number of methoxy groups -OCH3 is 1. The van der Waals surface area contributed by atoms with Crippen molar-refractivity contribution in [3.05, 3.63) is 35.7 Å². The molecule has 3 rings (SSSR count). The maximum absolute atomic E-state index is 5.80. The summed E-state index contributed by atoms with van der Waals surface area (Å²) in [6.07, 6.45) is 1.76. The molecule has 0 bridgehead atoms. The average Bonchev–Trinajstić information content (AvgIpc) is 3.27. The Morgan fingerprint density at radius 3 is 2.71 bits per heavy atom. The lowest BCUT2D eigenvalue weighted by atomic mass is 10.2. The number of aromatic nitrogens is 2. The molecule has 31 heavy (non-hydrogen) atoms. The standard InChI is InChI=1S/C21H32N6O2S.HI/c1-4-19-24-21(30-25-19)27-11-9-26(10-12-27)20(22-2)23-16-17-7-5-8-18(15-17)29-14-6-13-28-3;/h5,7-8,15H,4,6,9-14,16H2,1-3H3,(H,22,23);1H. The summed E-state index contributed by atoms with van der Waals surface area (Å²) in [5.41, 5.74) is 1.17. The second kappa shape index (κ2) is 13.7. The number of hydrogen-bond acceptors (Lipinski definition) is 7. The minimum absolute atomic E-state index is 0. The molecule has 0 atom stereocenters. The number of nitrogens with one attached hydrogen (secondary N) is 1. The molecule has 0 amide bonds. The quantitative estimate of drug-likeness (QED) is 0.219. The third-order valence-corrected chi connectivity index (χ3v) is 5.76. The van der Waals surface area contributed by atoms with E-state index in [1.54, 1.807) is 7.11 Å². The van der Waals surface area contributed by atoms with Crippen LogP contribution in [0.1, 0.15) is 24.7 Å². The lowest BCUT2D eigenvalue weighted by Crippen LogP contribution is -2.52. The number of nitrogens with zero attached hydrogens (tertiary/aromatic N) is 5. The zero-order chi connectivity index (χ0) is 21.2. The highest BCUT2D eigenvalue weighted by molar-refractivity contribution is 14.0. The van der Waals surface area contributed by atoms with Crippen LogP contribution in [0.3, 0.4) is 0 Å². The average molecular weight is 561 g/mol. The maximum atomic E-state index is 5.80. The Kier molecular flexibility index (Phi) is 11.3. The smallest absolute Gasteiger partial charge is 0.205 e. The summed E-state index contributed by atoms with van der Waals surface area (Å²) >= 11 is 1.49. The van der Waals surface area contributed by atoms with Crippen LogP contribution in [-0.4, -0.2) is 73.8 Å². The number of piperazine rings is 1. The molecule has 1 aliphatic rings. The van der Waals surface area contributed by atoms with E-state index in [0.717, 1.165) is 61.7 Å². The van der Waals surface area contributed by atoms with Crippen LogP contribution in [0.25, 0.3) is 0 Å². The lowest BCUT2D eigenvalue weighted by Gasteiger charge is -2.36. The first-order chi connectivity index (χ1) is 14.7. The molecule has 10 heteroatoms. The Morgan fingerprint density at radius 2 is 2.03 bits per heavy atom. The lowest BCUT2D eigenvalue weighted by molar-refractivity contribution is 0.172. The van der Waals surface area contributed by atoms with Gasteiger partial charge >= 0.3 is 0 Å². The number of benzene rings is 1. The zero-order valence-corrected chi connectivity index (χ0v) is 21.7. The fraction of sp³-hybridized carbons (Fsp3) is 0.571. The summed E-state index contributed by atoms with van der Waals surface area (Å²) in [5, 5.41) is 4.51. The second-order valence-electron chi connectivity index (χ2n) is 7.06. The number of anilines is 1. The predicted octanol–water partition coefficient (Wildman–Crippen LogP) is 3.03. The third kappa shape index (κ3) is 7.76. The minimum atomic E-state index is 0. The largest absolute Gasteiger partial charge is 0.493 e. The Morgan fingerprint density at radius 1 is 1.23 bits per heavy atom. The van der Waals surface area contributed by atoms with E-state index in [9.17, 15) is 0 Å². The zero-order valence-electron chi connectivity index (χ0n) is 18.5. The van der Waals surface area contributed by atoms with Gasteiger partial charge in [0.1, 0.15) is 11.6 Å². The molecule has 0 unspecified atom stereocenters. The highest BCUT2D eigenvalue weighted by Crippen LogP contribution is 2.19. The molecule has 0 spiro atoms. The maximum Gasteiger partial charge on any atom is 0.205 e. The minimum Gasteiger partial charge on any atom is -0.493 e. The highest BCUT2D eigenvalue weighted by atomic mass is 127. The topological polar surface area (TPSA) is 75.1 Å². The Balaban J connectivity index is 0.00000341. The normalized spacial score (nSPS) is 14.4. The number of guanidine groups is 1. The molecule has 1 N–H and O–H groups in total. The van der Waals surface area contributed by atoms with Crippen molar-refractivity contribution in [3.63, 3.8) is 0 Å². The van der Waals surface area contributed by atoms with Gasteiger partial charge in [-0.1, -0.05) is 19.1 Å². The Labute approximate surface area is 206 Å². The molecule has 1 fully saturated rings. The molecule has 0 radical (unpaired) electrons. The summed E-state index contributed by atoms with van der Waals surface area (Å²) in [7, 11) is 3.54. The van der Waals surface area contributed by atoms with E-state index in [1.165, 1.54) is 17.1 Å². The summed E-state index contributed by atoms with van der Waals surface area (Å²) < 4.78 is 15.3. The van der Waals surface area contributed by atoms with Gasteiger partial charge < -0.3 is 24.6 Å². The van der Waals surface area contributed by atoms with Crippen molar-refractivity contribution in [1.29, 1.82) is 0 Å². The molecule has 1 saturated heterocycles. The summed E-state index contributed by atoms with van der Waals surface area (Å²) in [6.45, 7) is 7.82. The third-order valence-electron chi connectivity index (χ3n) is 4.95. The molecular weight excluding hydrogens is 527 g/mol. The molecular formula is C21H33IN6O2S. The summed E-state index contributed by atoms with van der Waals surface area (Å²) in [4.78, 5) is 13.7. The Bertz CT molecular complexity index is 811. The second-order valence-corrected chi connectivity index (χ2v) is 7.79. The van der Waals surface area contributed by atoms with E-state index >= 15 is 0 Å². The summed E-state index contributed by atoms with van der Waals surface area (Å²) in [6, 6.07) is 8.19. The molecule has 2 heterocycles. The van der Waals surface area contributed by atoms with Gasteiger partial charge in [0.25, 0.3) is 0 Å². The number of aryl methyl sites for hydroxylation is 1. The molecule has 2 aromatic rings. The first-order valence-electron chi connectivity index (χ1n) is 10.5. The van der Waals surface area contributed by atoms with Crippen LogP contribution in [0, 0.1) is 0 Å². The van der Waals surface area contributed by atoms with E-state index in [2.05, 4.69) is 48.5 Å². The summed E-state index contributed by atoms with van der Waals surface area (Å²) in [5.74, 6) is 2.74. The van der Waals surface area contributed by atoms with Gasteiger partial charge in [-0.05, 0) is 17.7 Å². The number of aliphatic imine (C=N–C) groups is 1. The number of halogens is 1. The molecule has 8 nitrogen and oxygen atoms in total. The monoisotopic (exact) mass is 560 g/mol. The van der Waals surface area contributed by atoms with Gasteiger partial charge in [-0.3, -0.25) is 4.99 Å². The first kappa shape index (κ1) is 25.6. The van der Waals surface area contributed by atoms with Crippen LogP contribution in [-0.2, 0) is 17.7 Å². The van der Waals surface area contributed by atoms with Crippen molar-refractivity contribution in [3.8, 4) is 5.75 Å². The van der Waals surface area contributed by atoms with Crippen molar-refractivity contribution in [2.75, 3.05) is 58.5 Å². The van der Waals surface area contributed by atoms with Crippen LogP contribution in [0.5, 0.6) is 5.75 Å². The van der Waals surface area contributed by atoms with Crippen LogP contribution in [0.4, 0.5) is 5.13 Å². The van der Waals surface area contributed by atoms with Gasteiger partial charge in [-0.2, -0.15) is 4.37 Å². The van der Waals surface area contributed by atoms with E-state index < -0.39 is 0 Å². The van der Waals surface area contributed by atoms with Gasteiger partial charge in [0.05, 0.1) is 6.61 Å². The van der Waals surface area contributed by atoms with Crippen LogP contribution < -0.4 is 15.0 Å². The van der Waals surface area contributed by atoms with Crippen LogP contribution in [0.2, 0.25) is 0 Å². The Hall–Kier alpha value is -1.66. The molecule has 1 aliphatic heterocycles. The van der Waals surface area contributed by atoms with Gasteiger partial charge in [0.15, 0.2) is 5.96 Å². The fourth-order valence-electron chi connectivity index (χ4n) is 3.28. The van der Waals surface area contributed by atoms with Crippen molar-refractivity contribution in [2.45, 2.75) is 26.3 Å². The van der Waals surface area contributed by atoms with Crippen molar-refractivity contribution < 1.29 is 9.47 Å². The van der Waals surface area contributed by atoms with Crippen molar-refractivity contribution >= 4 is 46.6 Å². The number of rotatable bonds is 9. The van der Waals surface area contributed by atoms with Crippen molar-refractivity contribution in [1.82, 2.24) is 19.6 Å². The van der Waals surface area contributed by atoms with E-state index in [-0.39, 0.29) is 24.0 Å². The molecule has 0 aliphatic carbocycles. The van der Waals surface area contributed by atoms with E-state index in [1.807, 2.05) is 19.2 Å². The molecule has 172 valence electrons. The van der Waals surface area contributed by atoms with Gasteiger partial charge in [0, 0.05) is 77.9 Å². The van der Waals surface area contributed by atoms with Gasteiger partial charge in [-0.15, -0.1) is 24.0 Å². The molecule has 1 aromatic carbocycles. The first-order valence-corrected chi connectivity index (χ1v) is 11.2. The number of hydrogen-bond donors (Lipinski definition) is 1. The highest BCUT2D eigenvalue weighted by Gasteiger charge is 2.22. The molecule has 1 aromatic heterocycles. The van der Waals surface area contributed by atoms with Crippen LogP contribution in [0.15, 0.2) is 29.3 Å². The van der Waals surface area contributed by atoms with E-state index in [4.69, 9.17) is 9.47 Å². The fourth-order valence-corrected chi connectivity index (χ4v) is 4.08. The van der Waals surface area contributed by atoms with Gasteiger partial charge in [-0.25, -0.2) is 4.98 Å². The van der Waals surface area contributed by atoms with E-state index in [0.29, 0.717) is 19.8 Å². The molecule has 0 saturated carbocycles.